The lowest BCUT2D eigenvalue weighted by atomic mass is 9.96. The van der Waals surface area contributed by atoms with Gasteiger partial charge in [-0.15, -0.1) is 0 Å². The number of carbonyl (C=O) groups excluding carboxylic acids is 18. The molecule has 141 heavy (non-hydrogen) atoms. The first kappa shape index (κ1) is 126. The fourth-order valence-corrected chi connectivity index (χ4v) is 13.9. The zero-order valence-electron chi connectivity index (χ0n) is 80.4. The summed E-state index contributed by atoms with van der Waals surface area (Å²) in [5.74, 6) is -31.0. The number of hydrogen-bond acceptors (Lipinski definition) is 32. The third kappa shape index (κ3) is 47.2. The van der Waals surface area contributed by atoms with Gasteiger partial charge >= 0.3 is 35.8 Å². The van der Waals surface area contributed by atoms with E-state index in [1.165, 1.54) is 13.8 Å². The smallest absolute Gasteiger partial charge is 0.326 e. The molecule has 0 radical (unpaired) electrons. The summed E-state index contributed by atoms with van der Waals surface area (Å²) in [6.07, 6.45) is -6.96. The third-order valence-electron chi connectivity index (χ3n) is 22.2. The van der Waals surface area contributed by atoms with Crippen LogP contribution in [0, 0.1) is 17.8 Å². The second kappa shape index (κ2) is 65.8. The molecule has 20 atom stereocenters. The van der Waals surface area contributed by atoms with Crippen LogP contribution in [0.4, 0.5) is 0 Å². The minimum atomic E-state index is -2.02. The molecule has 0 aromatic heterocycles. The fourth-order valence-electron chi connectivity index (χ4n) is 13.9. The van der Waals surface area contributed by atoms with Gasteiger partial charge in [0.25, 0.3) is 0 Å². The molecule has 798 valence electrons. The molecule has 0 aromatic carbocycles. The van der Waals surface area contributed by atoms with Crippen LogP contribution >= 0.6 is 0 Å². The predicted molar refractivity (Wildman–Crippen MR) is 491 cm³/mol. The Morgan fingerprint density at radius 1 is 0.348 bits per heavy atom. The summed E-state index contributed by atoms with van der Waals surface area (Å²) < 4.78 is 0. The summed E-state index contributed by atoms with van der Waals surface area (Å²) in [5.41, 5.74) is 22.5. The minimum absolute atomic E-state index is 0.0475. The van der Waals surface area contributed by atoms with E-state index in [0.717, 1.165) is 25.7 Å². The van der Waals surface area contributed by atoms with Gasteiger partial charge in [0.2, 0.25) is 106 Å². The Bertz CT molecular complexity index is 4260. The second-order valence-electron chi connectivity index (χ2n) is 34.7. The monoisotopic (exact) mass is 2020 g/mol. The Kier molecular flexibility index (Phi) is 58.8. The van der Waals surface area contributed by atoms with Crippen molar-refractivity contribution in [2.45, 2.75) is 318 Å². The molecule has 56 nitrogen and oxygen atoms in total. The first-order valence-electron chi connectivity index (χ1n) is 46.3. The molecule has 1 aliphatic rings. The minimum Gasteiger partial charge on any atom is -0.481 e. The van der Waals surface area contributed by atoms with Crippen molar-refractivity contribution in [3.05, 3.63) is 0 Å². The molecular weight excluding hydrogens is 1870 g/mol. The zero-order valence-corrected chi connectivity index (χ0v) is 80.4. The largest absolute Gasteiger partial charge is 0.481 e. The van der Waals surface area contributed by atoms with Crippen molar-refractivity contribution in [3.8, 4) is 0 Å². The average molecular weight is 2020 g/mol. The van der Waals surface area contributed by atoms with Crippen molar-refractivity contribution in [1.82, 2.24) is 95.3 Å². The lowest BCUT2D eigenvalue weighted by Crippen LogP contribution is -2.62. The van der Waals surface area contributed by atoms with E-state index in [4.69, 9.17) is 28.0 Å². The van der Waals surface area contributed by atoms with Crippen molar-refractivity contribution in [3.63, 3.8) is 0 Å². The van der Waals surface area contributed by atoms with Gasteiger partial charge in [0.15, 0.2) is 0 Å². The zero-order chi connectivity index (χ0) is 107. The van der Waals surface area contributed by atoms with E-state index in [-0.39, 0.29) is 96.3 Å². The van der Waals surface area contributed by atoms with E-state index in [0.29, 0.717) is 19.3 Å². The Hall–Kier alpha value is -13.0. The van der Waals surface area contributed by atoms with E-state index in [9.17, 15) is 161 Å². The summed E-state index contributed by atoms with van der Waals surface area (Å²) in [7, 11) is 0. The van der Waals surface area contributed by atoms with Crippen LogP contribution in [0.5, 0.6) is 0 Å². The Morgan fingerprint density at radius 2 is 0.688 bits per heavy atom. The molecule has 1 rings (SSSR count). The molecule has 0 saturated carbocycles. The fraction of sp³-hybridized carbons (Fsp3) is 0.718. The molecule has 1 heterocycles. The number of rotatable bonds is 71. The summed E-state index contributed by atoms with van der Waals surface area (Å²) in [6.45, 7) is 8.78. The second-order valence-corrected chi connectivity index (χ2v) is 34.7. The lowest BCUT2D eigenvalue weighted by Gasteiger charge is -2.32. The number of hydrogen-bond donors (Lipinski definition) is 31. The summed E-state index contributed by atoms with van der Waals surface area (Å²) in [6, 6.07) is -30.3. The van der Waals surface area contributed by atoms with Crippen molar-refractivity contribution in [1.29, 1.82) is 0 Å². The van der Waals surface area contributed by atoms with Gasteiger partial charge in [-0.05, 0) is 161 Å². The van der Waals surface area contributed by atoms with Crippen LogP contribution in [0.25, 0.3) is 0 Å². The number of carbonyl (C=O) groups is 24. The van der Waals surface area contributed by atoms with Crippen LogP contribution < -0.4 is 113 Å². The molecular formula is C85H144N22O34. The van der Waals surface area contributed by atoms with E-state index in [1.54, 1.807) is 27.7 Å². The van der Waals surface area contributed by atoms with Gasteiger partial charge < -0.3 is 169 Å². The van der Waals surface area contributed by atoms with Crippen LogP contribution in [0.1, 0.15) is 204 Å². The molecule has 0 bridgehead atoms. The highest BCUT2D eigenvalue weighted by Gasteiger charge is 2.44. The van der Waals surface area contributed by atoms with E-state index in [1.807, 2.05) is 0 Å². The number of aliphatic carboxylic acids is 6. The van der Waals surface area contributed by atoms with Gasteiger partial charge in [0, 0.05) is 32.2 Å². The first-order chi connectivity index (χ1) is 66.2. The van der Waals surface area contributed by atoms with Crippen LogP contribution in [0.3, 0.4) is 0 Å². The van der Waals surface area contributed by atoms with Gasteiger partial charge in [0.05, 0.1) is 44.9 Å². The normalized spacial score (nSPS) is 16.3. The van der Waals surface area contributed by atoms with E-state index >= 15 is 0 Å². The van der Waals surface area contributed by atoms with Crippen molar-refractivity contribution >= 4 is 142 Å². The van der Waals surface area contributed by atoms with Crippen molar-refractivity contribution < 1.29 is 166 Å². The van der Waals surface area contributed by atoms with Crippen LogP contribution in [0.2, 0.25) is 0 Å². The number of unbranched alkanes of at least 4 members (excludes halogenated alkanes) is 3. The topological polar surface area (TPSA) is 924 Å². The Balaban J connectivity index is 3.36. The number of carboxylic acid groups (broad SMARTS) is 6. The molecule has 35 N–H and O–H groups in total. The molecule has 0 unspecified atom stereocenters. The number of likely N-dealkylation sites (tertiary alicyclic amines) is 1. The summed E-state index contributed by atoms with van der Waals surface area (Å²) in [4.78, 5) is 320. The highest BCUT2D eigenvalue weighted by molar-refractivity contribution is 6.02. The molecule has 0 spiro atoms. The summed E-state index contributed by atoms with van der Waals surface area (Å²) in [5, 5.41) is 137. The lowest BCUT2D eigenvalue weighted by molar-refractivity contribution is -0.144. The maximum absolute atomic E-state index is 14.7. The van der Waals surface area contributed by atoms with Gasteiger partial charge in [-0.3, -0.25) is 110 Å². The number of aliphatic hydroxyl groups is 4. The van der Waals surface area contributed by atoms with E-state index in [2.05, 4.69) is 90.4 Å². The number of amides is 18. The Labute approximate surface area is 812 Å². The molecule has 18 amide bonds. The molecule has 56 heteroatoms. The SMILES string of the molecule is CC[C@H](C)[C@H](NC(=O)CNC(=O)[C@H](CO)NC(=O)[C@H](C)NC(=O)[C@@H](NC(=O)[C@H](CCCCN)NC(=O)[C@H](CCC(=O)O)NC(=O)[C@H](CCC(=O)O)NC(=O)[C@H](CO)NC(=O)[C@@H](N)CCC(=O)O)[C@@H](C)O)C(=O)N[C@H](C(=O)N[C@@H](CC(C)C)C(=O)N1CCC[C@H]1C(=O)N[C@@H](CC(=O)O)C(=O)N[C@@H](CO)C(=O)N[C@@H](C)C(=O)N[C@@H](CCCCN)C(=O)N[C@@H](CCC(=O)O)C(=O)N[C@@H](CCCCN)C(=O)O)C(C)C. The van der Waals surface area contributed by atoms with Gasteiger partial charge in [-0.1, -0.05) is 48.0 Å². The molecule has 1 fully saturated rings. The quantitative estimate of drug-likeness (QED) is 0.0251. The predicted octanol–water partition coefficient (Wildman–Crippen LogP) is -11.3. The van der Waals surface area contributed by atoms with E-state index < -0.39 is 353 Å². The highest BCUT2D eigenvalue weighted by Crippen LogP contribution is 2.23. The first-order valence-corrected chi connectivity index (χ1v) is 46.3. The molecule has 1 aliphatic heterocycles. The van der Waals surface area contributed by atoms with Crippen LogP contribution in [-0.2, 0) is 115 Å². The average Bonchev–Trinajstić information content (AvgIpc) is 1.72. The van der Waals surface area contributed by atoms with Gasteiger partial charge in [-0.25, -0.2) is 4.79 Å². The number of nitrogens with one attached hydrogen (secondary N) is 17. The molecule has 0 aliphatic carbocycles. The van der Waals surface area contributed by atoms with Crippen molar-refractivity contribution in [2.24, 2.45) is 40.7 Å². The van der Waals surface area contributed by atoms with Crippen LogP contribution in [-0.4, -0.2) is 366 Å². The highest BCUT2D eigenvalue weighted by atomic mass is 16.4. The summed E-state index contributed by atoms with van der Waals surface area (Å²) >= 11 is 0. The Morgan fingerprint density at radius 3 is 1.09 bits per heavy atom. The number of aliphatic hydroxyl groups excluding tert-OH is 4. The molecule has 0 aromatic rings. The number of carboxylic acids is 6. The van der Waals surface area contributed by atoms with Crippen molar-refractivity contribution in [2.75, 3.05) is 52.5 Å². The standard InChI is InChI=1S/C85H144N22O34/c1-10-42(6)66(104-59(112)36-90-71(126)55(37-108)101-69(124)44(8)92-83(138)67(45(9)111)106-76(131)48(19-12-15-31-87)94-73(128)49(23-27-61(115)116)96-74(129)50(24-28-62(117)118)97-79(134)57(39-110)102-70(125)46(89)22-26-60(113)114)82(137)105-65(41(4)5)81(136)100-54(34-40(2)3)84(139)107-33-17-21-58(107)80(135)99-53(35-64(121)122)77(132)103-56(38-109)78(133)91-43(7)68(123)93-47(18-11-14-30-86)72(127)95-51(25-29-63(119)120)75(130)98-52(85(140)141)20-13-16-32-88/h40-58,65-67,108-111H,10-39,86-89H2,1-9H3,(H,90,126)(H,91,133)(H,92,138)(H,93,123)(H,94,128)(H,95,127)(H,96,129)(H,97,134)(H,98,130)(H,99,135)(H,100,136)(H,101,124)(H,102,125)(H,103,132)(H,104,112)(H,105,137)(H,106,131)(H,113,114)(H,115,116)(H,117,118)(H,119,120)(H,121,122)(H,140,141)/t42-,43-,44-,45+,46-,47-,48-,49-,50-,51-,52-,53-,54-,55-,56-,57-,58-,65-,66-,67-/m0/s1. The maximum atomic E-state index is 14.7. The van der Waals surface area contributed by atoms with Crippen LogP contribution in [0.15, 0.2) is 0 Å². The number of nitrogens with two attached hydrogens (primary N) is 4. The molecule has 1 saturated heterocycles. The third-order valence-corrected chi connectivity index (χ3v) is 22.2. The maximum Gasteiger partial charge on any atom is 0.326 e. The number of nitrogens with zero attached hydrogens (tertiary/aromatic N) is 1. The van der Waals surface area contributed by atoms with Gasteiger partial charge in [0.1, 0.15) is 103 Å². The van der Waals surface area contributed by atoms with Gasteiger partial charge in [-0.2, -0.15) is 0 Å².